The largest absolute Gasteiger partial charge is 0.313 e. The normalized spacial score (nSPS) is 20.8. The maximum absolute atomic E-state index is 3.46. The number of nitrogens with one attached hydrogen (secondary N) is 1. The van der Waals surface area contributed by atoms with Crippen LogP contribution >= 0.6 is 11.3 Å². The zero-order valence-electron chi connectivity index (χ0n) is 9.21. The third-order valence-corrected chi connectivity index (χ3v) is 4.19. The summed E-state index contributed by atoms with van der Waals surface area (Å²) in [6.45, 7) is 4.56. The maximum Gasteiger partial charge on any atom is 0.0354 e. The Morgan fingerprint density at radius 3 is 2.64 bits per heavy atom. The SMILES string of the molecule is CNC(c1csc(C)c1)C(C)C1CC1. The van der Waals surface area contributed by atoms with Crippen LogP contribution in [0.15, 0.2) is 11.4 Å². The predicted octanol–water partition coefficient (Wildman–Crippen LogP) is 3.36. The molecule has 0 radical (unpaired) electrons. The minimum atomic E-state index is 0.562. The molecule has 78 valence electrons. The molecule has 1 N–H and O–H groups in total. The molecule has 1 aliphatic rings. The van der Waals surface area contributed by atoms with Gasteiger partial charge in [-0.05, 0) is 55.7 Å². The minimum Gasteiger partial charge on any atom is -0.313 e. The molecule has 0 saturated heterocycles. The van der Waals surface area contributed by atoms with Crippen LogP contribution in [0.3, 0.4) is 0 Å². The first-order valence-corrected chi connectivity index (χ1v) is 6.32. The lowest BCUT2D eigenvalue weighted by Crippen LogP contribution is -2.24. The molecule has 1 saturated carbocycles. The van der Waals surface area contributed by atoms with Gasteiger partial charge in [0.05, 0.1) is 0 Å². The average molecular weight is 209 g/mol. The molecule has 0 bridgehead atoms. The van der Waals surface area contributed by atoms with Crippen LogP contribution in [-0.4, -0.2) is 7.05 Å². The Bertz CT molecular complexity index is 301. The van der Waals surface area contributed by atoms with Gasteiger partial charge in [-0.25, -0.2) is 0 Å². The summed E-state index contributed by atoms with van der Waals surface area (Å²) in [6, 6.07) is 2.89. The van der Waals surface area contributed by atoms with E-state index in [2.05, 4.69) is 37.7 Å². The fourth-order valence-corrected chi connectivity index (χ4v) is 2.99. The Kier molecular flexibility index (Phi) is 2.93. The second-order valence-corrected chi connectivity index (χ2v) is 5.57. The second-order valence-electron chi connectivity index (χ2n) is 4.45. The zero-order chi connectivity index (χ0) is 10.1. The van der Waals surface area contributed by atoms with Gasteiger partial charge in [0, 0.05) is 10.9 Å². The average Bonchev–Trinajstić information content (AvgIpc) is 2.92. The van der Waals surface area contributed by atoms with Gasteiger partial charge in [-0.1, -0.05) is 6.92 Å². The molecule has 2 atom stereocenters. The molecule has 1 nitrogen and oxygen atoms in total. The molecule has 1 fully saturated rings. The Hall–Kier alpha value is -0.340. The molecular weight excluding hydrogens is 190 g/mol. The van der Waals surface area contributed by atoms with Gasteiger partial charge in [0.15, 0.2) is 0 Å². The summed E-state index contributed by atoms with van der Waals surface area (Å²) in [5.74, 6) is 1.75. The number of hydrogen-bond acceptors (Lipinski definition) is 2. The van der Waals surface area contributed by atoms with Crippen molar-refractivity contribution >= 4 is 11.3 Å². The van der Waals surface area contributed by atoms with E-state index >= 15 is 0 Å². The topological polar surface area (TPSA) is 12.0 Å². The molecule has 14 heavy (non-hydrogen) atoms. The van der Waals surface area contributed by atoms with Gasteiger partial charge in [-0.2, -0.15) is 0 Å². The molecule has 0 amide bonds. The van der Waals surface area contributed by atoms with Crippen LogP contribution in [0.4, 0.5) is 0 Å². The van der Waals surface area contributed by atoms with Gasteiger partial charge in [-0.15, -0.1) is 11.3 Å². The summed E-state index contributed by atoms with van der Waals surface area (Å²) in [7, 11) is 2.08. The summed E-state index contributed by atoms with van der Waals surface area (Å²) < 4.78 is 0. The van der Waals surface area contributed by atoms with Crippen LogP contribution in [-0.2, 0) is 0 Å². The van der Waals surface area contributed by atoms with E-state index in [4.69, 9.17) is 0 Å². The highest BCUT2D eigenvalue weighted by atomic mass is 32.1. The molecule has 1 aromatic heterocycles. The lowest BCUT2D eigenvalue weighted by molar-refractivity contribution is 0.370. The number of thiophene rings is 1. The summed E-state index contributed by atoms with van der Waals surface area (Å²) in [6.07, 6.45) is 2.87. The van der Waals surface area contributed by atoms with Crippen molar-refractivity contribution in [2.24, 2.45) is 11.8 Å². The van der Waals surface area contributed by atoms with E-state index in [0.29, 0.717) is 6.04 Å². The van der Waals surface area contributed by atoms with Crippen molar-refractivity contribution in [3.05, 3.63) is 21.9 Å². The van der Waals surface area contributed by atoms with Crippen molar-refractivity contribution in [3.8, 4) is 0 Å². The number of aryl methyl sites for hydroxylation is 1. The second kappa shape index (κ2) is 4.03. The molecule has 1 aromatic rings. The Morgan fingerprint density at radius 1 is 1.50 bits per heavy atom. The van der Waals surface area contributed by atoms with Crippen molar-refractivity contribution in [2.75, 3.05) is 7.05 Å². The highest BCUT2D eigenvalue weighted by Gasteiger charge is 2.33. The predicted molar refractivity (Wildman–Crippen MR) is 62.7 cm³/mol. The third kappa shape index (κ3) is 2.01. The Morgan fingerprint density at radius 2 is 2.21 bits per heavy atom. The summed E-state index contributed by atoms with van der Waals surface area (Å²) >= 11 is 1.86. The minimum absolute atomic E-state index is 0.562. The van der Waals surface area contributed by atoms with E-state index in [-0.39, 0.29) is 0 Å². The zero-order valence-corrected chi connectivity index (χ0v) is 10.0. The van der Waals surface area contributed by atoms with Gasteiger partial charge in [-0.3, -0.25) is 0 Å². The first-order chi connectivity index (χ1) is 6.72. The molecule has 0 aromatic carbocycles. The molecular formula is C12H19NS. The van der Waals surface area contributed by atoms with Gasteiger partial charge in [0.2, 0.25) is 0 Å². The lowest BCUT2D eigenvalue weighted by Gasteiger charge is -2.22. The standard InChI is InChI=1S/C12H19NS/c1-8-6-11(7-14-8)12(13-3)9(2)10-4-5-10/h6-7,9-10,12-13H,4-5H2,1-3H3. The first-order valence-electron chi connectivity index (χ1n) is 5.44. The number of rotatable bonds is 4. The fourth-order valence-electron chi connectivity index (χ4n) is 2.25. The van der Waals surface area contributed by atoms with E-state index in [1.54, 1.807) is 0 Å². The Labute approximate surface area is 90.5 Å². The Balaban J connectivity index is 2.11. The van der Waals surface area contributed by atoms with Crippen LogP contribution in [0.25, 0.3) is 0 Å². The van der Waals surface area contributed by atoms with E-state index in [1.165, 1.54) is 23.3 Å². The van der Waals surface area contributed by atoms with Crippen molar-refractivity contribution in [2.45, 2.75) is 32.7 Å². The summed E-state index contributed by atoms with van der Waals surface area (Å²) in [5.41, 5.74) is 1.48. The third-order valence-electron chi connectivity index (χ3n) is 3.31. The smallest absolute Gasteiger partial charge is 0.0354 e. The van der Waals surface area contributed by atoms with Gasteiger partial charge < -0.3 is 5.32 Å². The van der Waals surface area contributed by atoms with Gasteiger partial charge in [0.1, 0.15) is 0 Å². The van der Waals surface area contributed by atoms with E-state index in [0.717, 1.165) is 11.8 Å². The molecule has 0 spiro atoms. The highest BCUT2D eigenvalue weighted by molar-refractivity contribution is 7.10. The van der Waals surface area contributed by atoms with Crippen LogP contribution in [0, 0.1) is 18.8 Å². The van der Waals surface area contributed by atoms with E-state index < -0.39 is 0 Å². The molecule has 1 heterocycles. The highest BCUT2D eigenvalue weighted by Crippen LogP contribution is 2.43. The molecule has 2 heteroatoms. The van der Waals surface area contributed by atoms with Crippen molar-refractivity contribution in [1.82, 2.24) is 5.32 Å². The maximum atomic E-state index is 3.46. The first kappa shape index (κ1) is 10.2. The van der Waals surface area contributed by atoms with Crippen molar-refractivity contribution in [1.29, 1.82) is 0 Å². The van der Waals surface area contributed by atoms with Gasteiger partial charge in [0.25, 0.3) is 0 Å². The molecule has 2 rings (SSSR count). The fraction of sp³-hybridized carbons (Fsp3) is 0.667. The molecule has 1 aliphatic carbocycles. The summed E-state index contributed by atoms with van der Waals surface area (Å²) in [5, 5.41) is 5.76. The van der Waals surface area contributed by atoms with Crippen LogP contribution in [0.2, 0.25) is 0 Å². The van der Waals surface area contributed by atoms with Crippen LogP contribution in [0.1, 0.15) is 36.2 Å². The van der Waals surface area contributed by atoms with Crippen LogP contribution < -0.4 is 5.32 Å². The van der Waals surface area contributed by atoms with E-state index in [1.807, 2.05) is 11.3 Å². The lowest BCUT2D eigenvalue weighted by atomic mass is 9.92. The number of hydrogen-bond donors (Lipinski definition) is 1. The molecule has 2 unspecified atom stereocenters. The monoisotopic (exact) mass is 209 g/mol. The van der Waals surface area contributed by atoms with Crippen molar-refractivity contribution in [3.63, 3.8) is 0 Å². The van der Waals surface area contributed by atoms with Crippen molar-refractivity contribution < 1.29 is 0 Å². The van der Waals surface area contributed by atoms with Crippen LogP contribution in [0.5, 0.6) is 0 Å². The van der Waals surface area contributed by atoms with Gasteiger partial charge >= 0.3 is 0 Å². The quantitative estimate of drug-likeness (QED) is 0.801. The summed E-state index contributed by atoms with van der Waals surface area (Å²) in [4.78, 5) is 1.42. The van der Waals surface area contributed by atoms with E-state index in [9.17, 15) is 0 Å². The molecule has 0 aliphatic heterocycles.